The number of oxazole rings is 1. The Kier molecular flexibility index (Phi) is 4.68. The lowest BCUT2D eigenvalue weighted by atomic mass is 9.94. The Morgan fingerprint density at radius 2 is 2.15 bits per heavy atom. The molecular weight excluding hydrogens is 252 g/mol. The van der Waals surface area contributed by atoms with Gasteiger partial charge in [-0.3, -0.25) is 0 Å². The molecule has 0 amide bonds. The highest BCUT2D eigenvalue weighted by Crippen LogP contribution is 2.27. The lowest BCUT2D eigenvalue weighted by Crippen LogP contribution is -2.38. The van der Waals surface area contributed by atoms with E-state index in [-0.39, 0.29) is 5.41 Å². The van der Waals surface area contributed by atoms with Gasteiger partial charge in [-0.2, -0.15) is 0 Å². The SMILES string of the molecule is CCNC(=NCc1ncc(C(C)(C)C)o1)NCC1CC1. The number of hydrogen-bond donors (Lipinski definition) is 2. The zero-order valence-electron chi connectivity index (χ0n) is 13.0. The Morgan fingerprint density at radius 3 is 2.70 bits per heavy atom. The maximum atomic E-state index is 5.74. The van der Waals surface area contributed by atoms with Gasteiger partial charge in [0.25, 0.3) is 0 Å². The lowest BCUT2D eigenvalue weighted by Gasteiger charge is -2.13. The average molecular weight is 278 g/mol. The van der Waals surface area contributed by atoms with E-state index < -0.39 is 0 Å². The van der Waals surface area contributed by atoms with Gasteiger partial charge in [0.1, 0.15) is 12.3 Å². The zero-order valence-corrected chi connectivity index (χ0v) is 13.0. The number of nitrogens with zero attached hydrogens (tertiary/aromatic N) is 2. The molecule has 1 aromatic heterocycles. The first-order valence-corrected chi connectivity index (χ1v) is 7.46. The third-order valence-electron chi connectivity index (χ3n) is 3.26. The summed E-state index contributed by atoms with van der Waals surface area (Å²) in [7, 11) is 0. The van der Waals surface area contributed by atoms with Crippen LogP contribution in [-0.4, -0.2) is 24.0 Å². The molecule has 1 aliphatic carbocycles. The van der Waals surface area contributed by atoms with Gasteiger partial charge in [0.15, 0.2) is 5.96 Å². The molecule has 1 aromatic rings. The third kappa shape index (κ3) is 4.54. The highest BCUT2D eigenvalue weighted by Gasteiger charge is 2.21. The van der Waals surface area contributed by atoms with Crippen molar-refractivity contribution in [2.24, 2.45) is 10.9 Å². The average Bonchev–Trinajstić information content (AvgIpc) is 3.07. The molecule has 0 saturated heterocycles. The summed E-state index contributed by atoms with van der Waals surface area (Å²) in [5.41, 5.74) is -0.0102. The van der Waals surface area contributed by atoms with Gasteiger partial charge >= 0.3 is 0 Å². The van der Waals surface area contributed by atoms with Gasteiger partial charge in [0.05, 0.1) is 6.20 Å². The first-order chi connectivity index (χ1) is 9.49. The minimum Gasteiger partial charge on any atom is -0.443 e. The molecule has 2 N–H and O–H groups in total. The van der Waals surface area contributed by atoms with Crippen LogP contribution in [0.25, 0.3) is 0 Å². The van der Waals surface area contributed by atoms with Crippen LogP contribution in [0.1, 0.15) is 52.2 Å². The van der Waals surface area contributed by atoms with Crippen molar-refractivity contribution in [2.75, 3.05) is 13.1 Å². The Balaban J connectivity index is 1.91. The van der Waals surface area contributed by atoms with Crippen LogP contribution >= 0.6 is 0 Å². The fraction of sp³-hybridized carbons (Fsp3) is 0.733. The molecule has 2 rings (SSSR count). The van der Waals surface area contributed by atoms with Crippen molar-refractivity contribution in [3.8, 4) is 0 Å². The van der Waals surface area contributed by atoms with Crippen molar-refractivity contribution in [2.45, 2.75) is 52.5 Å². The van der Waals surface area contributed by atoms with Gasteiger partial charge in [-0.05, 0) is 25.7 Å². The van der Waals surface area contributed by atoms with Crippen LogP contribution in [0.2, 0.25) is 0 Å². The predicted molar refractivity (Wildman–Crippen MR) is 80.7 cm³/mol. The van der Waals surface area contributed by atoms with Gasteiger partial charge in [-0.1, -0.05) is 20.8 Å². The number of aromatic nitrogens is 1. The summed E-state index contributed by atoms with van der Waals surface area (Å²) < 4.78 is 5.74. The summed E-state index contributed by atoms with van der Waals surface area (Å²) in [5.74, 6) is 3.24. The molecule has 0 radical (unpaired) electrons. The van der Waals surface area contributed by atoms with E-state index in [0.29, 0.717) is 12.4 Å². The summed E-state index contributed by atoms with van der Waals surface area (Å²) >= 11 is 0. The first-order valence-electron chi connectivity index (χ1n) is 7.46. The largest absolute Gasteiger partial charge is 0.443 e. The molecule has 0 bridgehead atoms. The summed E-state index contributed by atoms with van der Waals surface area (Å²) in [6.07, 6.45) is 4.47. The second-order valence-electron chi connectivity index (χ2n) is 6.39. The van der Waals surface area contributed by atoms with E-state index in [4.69, 9.17) is 4.42 Å². The fourth-order valence-electron chi connectivity index (χ4n) is 1.78. The van der Waals surface area contributed by atoms with Crippen molar-refractivity contribution >= 4 is 5.96 Å². The highest BCUT2D eigenvalue weighted by molar-refractivity contribution is 5.79. The van der Waals surface area contributed by atoms with Crippen LogP contribution in [0.4, 0.5) is 0 Å². The number of guanidine groups is 1. The summed E-state index contributed by atoms with van der Waals surface area (Å²) in [5, 5.41) is 6.60. The van der Waals surface area contributed by atoms with Crippen molar-refractivity contribution in [3.63, 3.8) is 0 Å². The van der Waals surface area contributed by atoms with E-state index in [1.807, 2.05) is 0 Å². The minimum atomic E-state index is -0.0102. The Morgan fingerprint density at radius 1 is 1.40 bits per heavy atom. The normalized spacial score (nSPS) is 16.3. The molecule has 5 nitrogen and oxygen atoms in total. The maximum Gasteiger partial charge on any atom is 0.216 e. The van der Waals surface area contributed by atoms with Crippen LogP contribution in [0, 0.1) is 5.92 Å². The van der Waals surface area contributed by atoms with E-state index in [0.717, 1.165) is 30.7 Å². The number of nitrogens with one attached hydrogen (secondary N) is 2. The van der Waals surface area contributed by atoms with E-state index in [9.17, 15) is 0 Å². The maximum absolute atomic E-state index is 5.74. The molecule has 112 valence electrons. The number of aliphatic imine (C=N–C) groups is 1. The fourth-order valence-corrected chi connectivity index (χ4v) is 1.78. The zero-order chi connectivity index (χ0) is 14.6. The molecule has 20 heavy (non-hydrogen) atoms. The Labute approximate surface area is 121 Å². The van der Waals surface area contributed by atoms with Crippen LogP contribution in [0.5, 0.6) is 0 Å². The van der Waals surface area contributed by atoms with E-state index >= 15 is 0 Å². The summed E-state index contributed by atoms with van der Waals surface area (Å²) in [6.45, 7) is 10.7. The molecule has 0 aromatic carbocycles. The molecule has 1 aliphatic rings. The van der Waals surface area contributed by atoms with Crippen LogP contribution in [0.15, 0.2) is 15.6 Å². The molecule has 0 spiro atoms. The first kappa shape index (κ1) is 14.9. The molecule has 0 atom stereocenters. The van der Waals surface area contributed by atoms with Crippen molar-refractivity contribution in [1.82, 2.24) is 15.6 Å². The summed E-state index contributed by atoms with van der Waals surface area (Å²) in [4.78, 5) is 8.81. The van der Waals surface area contributed by atoms with Crippen molar-refractivity contribution in [3.05, 3.63) is 17.8 Å². The standard InChI is InChI=1S/C15H26N4O/c1-5-16-14(18-8-11-6-7-11)19-10-13-17-9-12(20-13)15(2,3)4/h9,11H,5-8,10H2,1-4H3,(H2,16,18,19). The van der Waals surface area contributed by atoms with Crippen molar-refractivity contribution in [1.29, 1.82) is 0 Å². The van der Waals surface area contributed by atoms with Gasteiger partial charge in [-0.25, -0.2) is 9.98 Å². The molecule has 1 heterocycles. The lowest BCUT2D eigenvalue weighted by molar-refractivity contribution is 0.383. The van der Waals surface area contributed by atoms with Crippen LogP contribution < -0.4 is 10.6 Å². The van der Waals surface area contributed by atoms with E-state index in [2.05, 4.69) is 48.3 Å². The highest BCUT2D eigenvalue weighted by atomic mass is 16.4. The third-order valence-corrected chi connectivity index (χ3v) is 3.26. The van der Waals surface area contributed by atoms with Crippen molar-refractivity contribution < 1.29 is 4.42 Å². The second-order valence-corrected chi connectivity index (χ2v) is 6.39. The topological polar surface area (TPSA) is 62.5 Å². The van der Waals surface area contributed by atoms with Crippen LogP contribution in [0.3, 0.4) is 0 Å². The molecular formula is C15H26N4O. The summed E-state index contributed by atoms with van der Waals surface area (Å²) in [6, 6.07) is 0. The van der Waals surface area contributed by atoms with Gasteiger partial charge < -0.3 is 15.1 Å². The molecule has 1 saturated carbocycles. The number of rotatable bonds is 5. The number of hydrogen-bond acceptors (Lipinski definition) is 3. The quantitative estimate of drug-likeness (QED) is 0.641. The molecule has 5 heteroatoms. The minimum absolute atomic E-state index is 0.0102. The Bertz CT molecular complexity index is 455. The Hall–Kier alpha value is -1.52. The van der Waals surface area contributed by atoms with Gasteiger partial charge in [0, 0.05) is 18.5 Å². The van der Waals surface area contributed by atoms with Crippen LogP contribution in [-0.2, 0) is 12.0 Å². The smallest absolute Gasteiger partial charge is 0.216 e. The molecule has 0 aliphatic heterocycles. The van der Waals surface area contributed by atoms with Gasteiger partial charge in [-0.15, -0.1) is 0 Å². The predicted octanol–water partition coefficient (Wildman–Crippen LogP) is 2.44. The second kappa shape index (κ2) is 6.29. The molecule has 1 fully saturated rings. The van der Waals surface area contributed by atoms with E-state index in [1.54, 1.807) is 6.20 Å². The molecule has 0 unspecified atom stereocenters. The monoisotopic (exact) mass is 278 g/mol. The van der Waals surface area contributed by atoms with Gasteiger partial charge in [0.2, 0.25) is 5.89 Å². The van der Waals surface area contributed by atoms with E-state index in [1.165, 1.54) is 12.8 Å².